The molecule has 16 heteroatoms. The molecule has 16 nitrogen and oxygen atoms in total. The van der Waals surface area contributed by atoms with E-state index in [0.29, 0.717) is 16.8 Å². The summed E-state index contributed by atoms with van der Waals surface area (Å²) in [6, 6.07) is 7.26. The number of nitrogens with one attached hydrogen (secondary N) is 4. The number of hydrogen-bond donors (Lipinski definition) is 10. The Kier molecular flexibility index (Phi) is 12.9. The van der Waals surface area contributed by atoms with Gasteiger partial charge in [-0.3, -0.25) is 19.4 Å². The third-order valence-electron chi connectivity index (χ3n) is 6.91. The maximum atomic E-state index is 13.7. The number of H-pyrrole nitrogens is 1. The number of aliphatic imine (C=N–C) groups is 1. The average molecular weight is 638 g/mol. The van der Waals surface area contributed by atoms with Gasteiger partial charge < -0.3 is 53.5 Å². The first kappa shape index (κ1) is 34.8. The summed E-state index contributed by atoms with van der Waals surface area (Å²) in [4.78, 5) is 62.8. The van der Waals surface area contributed by atoms with E-state index in [-0.39, 0.29) is 56.1 Å². The van der Waals surface area contributed by atoms with E-state index in [0.717, 1.165) is 0 Å². The van der Waals surface area contributed by atoms with E-state index in [1.54, 1.807) is 24.3 Å². The molecule has 4 atom stereocenters. The number of rotatable bonds is 17. The Morgan fingerprint density at radius 3 is 1.83 bits per heavy atom. The van der Waals surface area contributed by atoms with Crippen molar-refractivity contribution in [3.63, 3.8) is 0 Å². The standard InChI is InChI=1S/C30H39N9O7/c31-22(12-17-3-7-20(40)8-4-17)26(42)38-25(14-19-15-34-16-36-19)28(44)39-24(13-18-5-9-21(41)10-6-18)27(43)37-23(29(45)46)2-1-11-35-30(32)33/h3-10,15-16,22-25,40-41H,1-2,11-14,31H2,(H,34,36)(H,37,43)(H,38,42)(H,39,44)(H,45,46)(H4,32,33,35). The van der Waals surface area contributed by atoms with E-state index < -0.39 is 47.9 Å². The predicted molar refractivity (Wildman–Crippen MR) is 167 cm³/mol. The van der Waals surface area contributed by atoms with Crippen molar-refractivity contribution in [2.45, 2.75) is 56.3 Å². The molecule has 0 spiro atoms. The van der Waals surface area contributed by atoms with E-state index >= 15 is 0 Å². The first-order valence-electron chi connectivity index (χ1n) is 14.4. The zero-order chi connectivity index (χ0) is 33.6. The molecule has 0 bridgehead atoms. The molecule has 0 saturated heterocycles. The number of benzene rings is 2. The zero-order valence-corrected chi connectivity index (χ0v) is 24.9. The lowest BCUT2D eigenvalue weighted by atomic mass is 10.0. The molecule has 0 aliphatic rings. The van der Waals surface area contributed by atoms with Crippen LogP contribution in [0.2, 0.25) is 0 Å². The van der Waals surface area contributed by atoms with E-state index in [2.05, 4.69) is 30.9 Å². The summed E-state index contributed by atoms with van der Waals surface area (Å²) in [5, 5.41) is 36.7. The van der Waals surface area contributed by atoms with Crippen molar-refractivity contribution in [3.05, 3.63) is 77.9 Å². The fraction of sp³-hybridized carbons (Fsp3) is 0.333. The van der Waals surface area contributed by atoms with Gasteiger partial charge in [0.1, 0.15) is 29.6 Å². The van der Waals surface area contributed by atoms with Crippen molar-refractivity contribution in [1.29, 1.82) is 0 Å². The van der Waals surface area contributed by atoms with Gasteiger partial charge in [0.25, 0.3) is 0 Å². The number of guanidine groups is 1. The molecular weight excluding hydrogens is 598 g/mol. The Bertz CT molecular complexity index is 1480. The van der Waals surface area contributed by atoms with Crippen LogP contribution >= 0.6 is 0 Å². The molecule has 0 saturated carbocycles. The second-order valence-electron chi connectivity index (χ2n) is 10.6. The lowest BCUT2D eigenvalue weighted by Crippen LogP contribution is -2.58. The third-order valence-corrected chi connectivity index (χ3v) is 6.91. The molecule has 13 N–H and O–H groups in total. The lowest BCUT2D eigenvalue weighted by Gasteiger charge is -2.25. The maximum absolute atomic E-state index is 13.7. The SMILES string of the molecule is NC(N)=NCCCC(NC(=O)C(Cc1ccc(O)cc1)NC(=O)C(Cc1cnc[nH]1)NC(=O)C(N)Cc1ccc(O)cc1)C(=O)O. The second kappa shape index (κ2) is 17.0. The predicted octanol–water partition coefficient (Wildman–Crippen LogP) is -1.23. The molecule has 0 aliphatic heterocycles. The average Bonchev–Trinajstić information content (AvgIpc) is 3.53. The molecule has 2 aromatic carbocycles. The molecule has 46 heavy (non-hydrogen) atoms. The number of amides is 3. The van der Waals surface area contributed by atoms with Crippen molar-refractivity contribution < 1.29 is 34.5 Å². The number of aliphatic carboxylic acids is 1. The van der Waals surface area contributed by atoms with E-state index in [9.17, 15) is 34.5 Å². The first-order chi connectivity index (χ1) is 21.9. The number of carboxylic acid groups (broad SMARTS) is 1. The van der Waals surface area contributed by atoms with Crippen LogP contribution in [0.5, 0.6) is 11.5 Å². The Morgan fingerprint density at radius 1 is 0.783 bits per heavy atom. The molecule has 3 amide bonds. The molecule has 1 aromatic heterocycles. The summed E-state index contributed by atoms with van der Waals surface area (Å²) in [6.45, 7) is 0.152. The number of imidazole rings is 1. The minimum Gasteiger partial charge on any atom is -0.508 e. The van der Waals surface area contributed by atoms with Crippen LogP contribution in [0.25, 0.3) is 0 Å². The van der Waals surface area contributed by atoms with E-state index in [1.165, 1.54) is 36.8 Å². The number of carboxylic acids is 1. The highest BCUT2D eigenvalue weighted by atomic mass is 16.4. The maximum Gasteiger partial charge on any atom is 0.326 e. The number of carbonyl (C=O) groups excluding carboxylic acids is 3. The van der Waals surface area contributed by atoms with Crippen LogP contribution in [0.15, 0.2) is 66.0 Å². The minimum absolute atomic E-state index is 0.00789. The number of nitrogens with two attached hydrogens (primary N) is 3. The van der Waals surface area contributed by atoms with Gasteiger partial charge in [-0.05, 0) is 54.7 Å². The van der Waals surface area contributed by atoms with Gasteiger partial charge >= 0.3 is 5.97 Å². The summed E-state index contributed by atoms with van der Waals surface area (Å²) in [7, 11) is 0. The Balaban J connectivity index is 1.79. The van der Waals surface area contributed by atoms with Crippen LogP contribution in [0, 0.1) is 0 Å². The molecule has 1 heterocycles. The molecular formula is C30H39N9O7. The number of carbonyl (C=O) groups is 4. The van der Waals surface area contributed by atoms with Crippen molar-refractivity contribution in [2.75, 3.05) is 6.54 Å². The normalized spacial score (nSPS) is 13.4. The Morgan fingerprint density at radius 2 is 1.30 bits per heavy atom. The second-order valence-corrected chi connectivity index (χ2v) is 10.6. The van der Waals surface area contributed by atoms with Crippen LogP contribution < -0.4 is 33.2 Å². The first-order valence-corrected chi connectivity index (χ1v) is 14.4. The zero-order valence-electron chi connectivity index (χ0n) is 24.9. The summed E-state index contributed by atoms with van der Waals surface area (Å²) in [6.07, 6.45) is 3.17. The fourth-order valence-corrected chi connectivity index (χ4v) is 4.47. The highest BCUT2D eigenvalue weighted by molar-refractivity contribution is 5.94. The fourth-order valence-electron chi connectivity index (χ4n) is 4.47. The van der Waals surface area contributed by atoms with E-state index in [1.807, 2.05) is 0 Å². The number of phenolic OH excluding ortho intramolecular Hbond substituents is 2. The van der Waals surface area contributed by atoms with Crippen LogP contribution in [0.3, 0.4) is 0 Å². The highest BCUT2D eigenvalue weighted by Crippen LogP contribution is 2.13. The number of phenols is 2. The number of aromatic hydroxyl groups is 2. The summed E-state index contributed by atoms with van der Waals surface area (Å²) in [5.74, 6) is -3.55. The highest BCUT2D eigenvalue weighted by Gasteiger charge is 2.31. The van der Waals surface area contributed by atoms with Gasteiger partial charge in [-0.2, -0.15) is 0 Å². The molecule has 246 valence electrons. The van der Waals surface area contributed by atoms with Crippen molar-refractivity contribution in [3.8, 4) is 11.5 Å². The minimum atomic E-state index is -1.31. The van der Waals surface area contributed by atoms with Crippen LogP contribution in [-0.2, 0) is 38.4 Å². The molecule has 0 aliphatic carbocycles. The lowest BCUT2D eigenvalue weighted by molar-refractivity contribution is -0.142. The van der Waals surface area contributed by atoms with Gasteiger partial charge in [0, 0.05) is 31.3 Å². The molecule has 3 rings (SSSR count). The van der Waals surface area contributed by atoms with Gasteiger partial charge in [0.05, 0.1) is 12.4 Å². The number of nitrogens with zero attached hydrogens (tertiary/aromatic N) is 2. The van der Waals surface area contributed by atoms with Gasteiger partial charge in [-0.25, -0.2) is 9.78 Å². The number of aromatic nitrogens is 2. The van der Waals surface area contributed by atoms with Gasteiger partial charge in [-0.1, -0.05) is 24.3 Å². The summed E-state index contributed by atoms with van der Waals surface area (Å²) in [5.41, 5.74) is 18.5. The smallest absolute Gasteiger partial charge is 0.326 e. The van der Waals surface area contributed by atoms with Crippen molar-refractivity contribution >= 4 is 29.7 Å². The van der Waals surface area contributed by atoms with Crippen molar-refractivity contribution in [1.82, 2.24) is 25.9 Å². The van der Waals surface area contributed by atoms with Crippen LogP contribution in [0.4, 0.5) is 0 Å². The molecule has 0 fully saturated rings. The van der Waals surface area contributed by atoms with Crippen LogP contribution in [0.1, 0.15) is 29.7 Å². The topological polar surface area (TPSA) is 284 Å². The summed E-state index contributed by atoms with van der Waals surface area (Å²) >= 11 is 0. The van der Waals surface area contributed by atoms with Gasteiger partial charge in [-0.15, -0.1) is 0 Å². The molecule has 3 aromatic rings. The summed E-state index contributed by atoms with van der Waals surface area (Å²) < 4.78 is 0. The van der Waals surface area contributed by atoms with Crippen LogP contribution in [-0.4, -0.2) is 85.7 Å². The monoisotopic (exact) mass is 637 g/mol. The van der Waals surface area contributed by atoms with E-state index in [4.69, 9.17) is 17.2 Å². The molecule has 0 radical (unpaired) electrons. The number of hydrogen-bond acceptors (Lipinski definition) is 9. The van der Waals surface area contributed by atoms with Gasteiger partial charge in [0.15, 0.2) is 5.96 Å². The largest absolute Gasteiger partial charge is 0.508 e. The number of aromatic amines is 1. The molecule has 4 unspecified atom stereocenters. The van der Waals surface area contributed by atoms with Crippen molar-refractivity contribution in [2.24, 2.45) is 22.2 Å². The Hall–Kier alpha value is -5.64. The third kappa shape index (κ3) is 11.5. The van der Waals surface area contributed by atoms with Gasteiger partial charge in [0.2, 0.25) is 17.7 Å². The Labute approximate surface area is 264 Å². The quantitative estimate of drug-likeness (QED) is 0.0475.